The zero-order valence-electron chi connectivity index (χ0n) is 16.1. The van der Waals surface area contributed by atoms with Crippen molar-refractivity contribution in [2.75, 3.05) is 39.3 Å². The molecule has 2 N–H and O–H groups in total. The van der Waals surface area contributed by atoms with Gasteiger partial charge in [-0.2, -0.15) is 4.31 Å². The summed E-state index contributed by atoms with van der Waals surface area (Å²) < 4.78 is 27.1. The fraction of sp³-hybridized carbons (Fsp3) is 0.444. The van der Waals surface area contributed by atoms with Crippen molar-refractivity contribution in [3.05, 3.63) is 39.4 Å². The Morgan fingerprint density at radius 3 is 2.52 bits per heavy atom. The highest BCUT2D eigenvalue weighted by Gasteiger charge is 2.30. The van der Waals surface area contributed by atoms with E-state index in [4.69, 9.17) is 0 Å². The van der Waals surface area contributed by atoms with Gasteiger partial charge in [-0.05, 0) is 36.9 Å². The largest absolute Gasteiger partial charge is 0.337 e. The van der Waals surface area contributed by atoms with Gasteiger partial charge in [-0.15, -0.1) is 22.7 Å². The van der Waals surface area contributed by atoms with E-state index in [0.29, 0.717) is 36.9 Å². The first-order valence-corrected chi connectivity index (χ1v) is 12.4. The van der Waals surface area contributed by atoms with E-state index in [1.54, 1.807) is 23.5 Å². The molecule has 0 aromatic carbocycles. The van der Waals surface area contributed by atoms with Crippen LogP contribution in [0, 0.1) is 6.92 Å². The van der Waals surface area contributed by atoms with Crippen molar-refractivity contribution in [1.29, 1.82) is 0 Å². The zero-order chi connectivity index (χ0) is 20.9. The molecule has 0 saturated carbocycles. The Balaban J connectivity index is 1.38. The molecule has 1 saturated heterocycles. The number of nitrogens with zero attached hydrogens (tertiary/aromatic N) is 2. The fourth-order valence-electron chi connectivity index (χ4n) is 2.97. The number of aryl methyl sites for hydroxylation is 1. The standard InChI is InChI=1S/C18H24N4O4S3/c1-14-4-5-17(28-14)29(25,26)22-10-8-21(9-11-22)13-16(23)20-18(24)19-7-6-15-3-2-12-27-15/h2-5,12H,6-11,13H2,1H3,(H2,19,20,23,24). The van der Waals surface area contributed by atoms with Crippen LogP contribution in [0.4, 0.5) is 4.79 Å². The Morgan fingerprint density at radius 2 is 1.90 bits per heavy atom. The Labute approximate surface area is 178 Å². The normalized spacial score (nSPS) is 15.9. The number of piperazine rings is 1. The van der Waals surface area contributed by atoms with Gasteiger partial charge >= 0.3 is 6.03 Å². The Hall–Kier alpha value is -1.79. The number of nitrogens with one attached hydrogen (secondary N) is 2. The van der Waals surface area contributed by atoms with Gasteiger partial charge in [-0.25, -0.2) is 13.2 Å². The molecule has 0 bridgehead atoms. The van der Waals surface area contributed by atoms with Crippen LogP contribution in [0.3, 0.4) is 0 Å². The third-order valence-electron chi connectivity index (χ3n) is 4.50. The van der Waals surface area contributed by atoms with Crippen LogP contribution < -0.4 is 10.6 Å². The number of carbonyl (C=O) groups is 2. The quantitative estimate of drug-likeness (QED) is 0.658. The van der Waals surface area contributed by atoms with Crippen molar-refractivity contribution in [1.82, 2.24) is 19.8 Å². The molecule has 29 heavy (non-hydrogen) atoms. The molecule has 0 unspecified atom stereocenters. The highest BCUT2D eigenvalue weighted by atomic mass is 32.2. The lowest BCUT2D eigenvalue weighted by Gasteiger charge is -2.33. The molecular weight excluding hydrogens is 432 g/mol. The maximum Gasteiger partial charge on any atom is 0.321 e. The van der Waals surface area contributed by atoms with Crippen LogP contribution in [0.1, 0.15) is 9.75 Å². The summed E-state index contributed by atoms with van der Waals surface area (Å²) >= 11 is 2.88. The Bertz CT molecular complexity index is 932. The van der Waals surface area contributed by atoms with E-state index in [2.05, 4.69) is 10.6 Å². The van der Waals surface area contributed by atoms with E-state index >= 15 is 0 Å². The Kier molecular flexibility index (Phi) is 7.41. The summed E-state index contributed by atoms with van der Waals surface area (Å²) in [5.41, 5.74) is 0. The molecule has 158 valence electrons. The second-order valence-electron chi connectivity index (χ2n) is 6.68. The molecule has 11 heteroatoms. The number of hydrogen-bond acceptors (Lipinski definition) is 7. The average molecular weight is 457 g/mol. The molecule has 0 radical (unpaired) electrons. The summed E-state index contributed by atoms with van der Waals surface area (Å²) in [5.74, 6) is -0.399. The molecule has 1 fully saturated rings. The van der Waals surface area contributed by atoms with Crippen LogP contribution in [0.15, 0.2) is 33.9 Å². The summed E-state index contributed by atoms with van der Waals surface area (Å²) in [7, 11) is -3.48. The summed E-state index contributed by atoms with van der Waals surface area (Å²) in [6, 6.07) is 6.86. The maximum atomic E-state index is 12.6. The first-order valence-electron chi connectivity index (χ1n) is 9.23. The molecule has 2 aromatic heterocycles. The lowest BCUT2D eigenvalue weighted by molar-refractivity contribution is -0.121. The fourth-order valence-corrected chi connectivity index (χ4v) is 6.54. The third-order valence-corrected chi connectivity index (χ3v) is 8.80. The number of thiophene rings is 2. The van der Waals surface area contributed by atoms with Gasteiger partial charge in [0, 0.05) is 42.5 Å². The monoisotopic (exact) mass is 456 g/mol. The topological polar surface area (TPSA) is 98.8 Å². The van der Waals surface area contributed by atoms with Crippen LogP contribution in [0.2, 0.25) is 0 Å². The second-order valence-corrected chi connectivity index (χ2v) is 11.2. The van der Waals surface area contributed by atoms with Crippen LogP contribution >= 0.6 is 22.7 Å². The van der Waals surface area contributed by atoms with E-state index in [0.717, 1.165) is 11.3 Å². The van der Waals surface area contributed by atoms with Crippen LogP contribution in [-0.4, -0.2) is 68.8 Å². The van der Waals surface area contributed by atoms with Gasteiger partial charge in [-0.1, -0.05) is 6.07 Å². The van der Waals surface area contributed by atoms with Crippen molar-refractivity contribution in [2.45, 2.75) is 17.6 Å². The van der Waals surface area contributed by atoms with Gasteiger partial charge in [0.2, 0.25) is 5.91 Å². The summed E-state index contributed by atoms with van der Waals surface area (Å²) in [6.07, 6.45) is 0.722. The van der Waals surface area contributed by atoms with E-state index in [1.165, 1.54) is 20.5 Å². The molecule has 3 heterocycles. The zero-order valence-corrected chi connectivity index (χ0v) is 18.5. The Morgan fingerprint density at radius 1 is 1.14 bits per heavy atom. The maximum absolute atomic E-state index is 12.6. The minimum atomic E-state index is -3.48. The lowest BCUT2D eigenvalue weighted by Crippen LogP contribution is -2.52. The van der Waals surface area contributed by atoms with Crippen molar-refractivity contribution in [3.63, 3.8) is 0 Å². The number of carbonyl (C=O) groups excluding carboxylic acids is 2. The van der Waals surface area contributed by atoms with Crippen molar-refractivity contribution in [3.8, 4) is 0 Å². The molecule has 8 nitrogen and oxygen atoms in total. The number of urea groups is 1. The molecule has 0 atom stereocenters. The molecular formula is C18H24N4O4S3. The van der Waals surface area contributed by atoms with Gasteiger partial charge < -0.3 is 5.32 Å². The first-order chi connectivity index (χ1) is 13.8. The SMILES string of the molecule is Cc1ccc(S(=O)(=O)N2CCN(CC(=O)NC(=O)NCCc3cccs3)CC2)s1. The molecule has 0 aliphatic carbocycles. The number of rotatable bonds is 7. The highest BCUT2D eigenvalue weighted by molar-refractivity contribution is 7.91. The van der Waals surface area contributed by atoms with Crippen molar-refractivity contribution < 1.29 is 18.0 Å². The summed E-state index contributed by atoms with van der Waals surface area (Å²) in [6.45, 7) is 3.91. The van der Waals surface area contributed by atoms with Crippen LogP contribution in [-0.2, 0) is 21.2 Å². The van der Waals surface area contributed by atoms with E-state index in [1.807, 2.05) is 29.3 Å². The molecule has 3 amide bonds. The van der Waals surface area contributed by atoms with E-state index in [9.17, 15) is 18.0 Å². The van der Waals surface area contributed by atoms with Gasteiger partial charge in [0.1, 0.15) is 4.21 Å². The minimum Gasteiger partial charge on any atom is -0.337 e. The third kappa shape index (κ3) is 6.09. The minimum absolute atomic E-state index is 0.0599. The smallest absolute Gasteiger partial charge is 0.321 e. The van der Waals surface area contributed by atoms with Gasteiger partial charge in [-0.3, -0.25) is 15.0 Å². The molecule has 0 spiro atoms. The lowest BCUT2D eigenvalue weighted by atomic mass is 10.3. The van der Waals surface area contributed by atoms with Gasteiger partial charge in [0.25, 0.3) is 10.0 Å². The van der Waals surface area contributed by atoms with E-state index < -0.39 is 22.0 Å². The number of sulfonamides is 1. The first kappa shape index (κ1) is 21.9. The molecule has 1 aliphatic rings. The molecule has 3 rings (SSSR count). The number of amides is 3. The number of hydrogen-bond donors (Lipinski definition) is 2. The summed E-state index contributed by atoms with van der Waals surface area (Å²) in [4.78, 5) is 27.9. The molecule has 1 aliphatic heterocycles. The van der Waals surface area contributed by atoms with Crippen molar-refractivity contribution in [2.24, 2.45) is 0 Å². The predicted molar refractivity (Wildman–Crippen MR) is 114 cm³/mol. The van der Waals surface area contributed by atoms with Crippen molar-refractivity contribution >= 4 is 44.6 Å². The van der Waals surface area contributed by atoms with Gasteiger partial charge in [0.15, 0.2) is 0 Å². The molecule has 2 aromatic rings. The summed E-state index contributed by atoms with van der Waals surface area (Å²) in [5, 5.41) is 6.96. The second kappa shape index (κ2) is 9.81. The number of imide groups is 1. The van der Waals surface area contributed by atoms with Gasteiger partial charge in [0.05, 0.1) is 6.54 Å². The average Bonchev–Trinajstić information content (AvgIpc) is 3.34. The van der Waals surface area contributed by atoms with Crippen LogP contribution in [0.5, 0.6) is 0 Å². The predicted octanol–water partition coefficient (Wildman–Crippen LogP) is 1.49. The van der Waals surface area contributed by atoms with Crippen LogP contribution in [0.25, 0.3) is 0 Å². The highest BCUT2D eigenvalue weighted by Crippen LogP contribution is 2.25. The van der Waals surface area contributed by atoms with E-state index in [-0.39, 0.29) is 6.54 Å².